The minimum absolute atomic E-state index is 0.0973. The quantitative estimate of drug-likeness (QED) is 0.945. The van der Waals surface area contributed by atoms with E-state index in [2.05, 4.69) is 40.1 Å². The molecule has 5 heteroatoms. The van der Waals surface area contributed by atoms with Gasteiger partial charge in [-0.05, 0) is 18.1 Å². The third-order valence-corrected chi connectivity index (χ3v) is 3.08. The molecular weight excluding hydrogens is 294 g/mol. The maximum absolute atomic E-state index is 9.37. The molecule has 1 aromatic carbocycles. The molecule has 0 aliphatic carbocycles. The molecule has 2 rings (SSSR count). The average Bonchev–Trinajstić information content (AvgIpc) is 2.71. The highest BCUT2D eigenvalue weighted by molar-refractivity contribution is 9.10. The maximum Gasteiger partial charge on any atom is 0.116 e. The highest BCUT2D eigenvalue weighted by Gasteiger charge is 2.15. The van der Waals surface area contributed by atoms with Crippen LogP contribution in [0.25, 0.3) is 11.3 Å². The van der Waals surface area contributed by atoms with E-state index in [4.69, 9.17) is 0 Å². The molecule has 0 spiro atoms. The molecule has 2 aromatic rings. The number of rotatable bonds is 4. The summed E-state index contributed by atoms with van der Waals surface area (Å²) in [5, 5.41) is 17.5. The van der Waals surface area contributed by atoms with Gasteiger partial charge in [0.2, 0.25) is 0 Å². The fraction of sp³-hybridized carbons (Fsp3) is 0.385. The molecule has 1 aromatic heterocycles. The summed E-state index contributed by atoms with van der Waals surface area (Å²) in [7, 11) is 0. The zero-order valence-corrected chi connectivity index (χ0v) is 12.1. The summed E-state index contributed by atoms with van der Waals surface area (Å²) in [5.74, 6) is 0.476. The van der Waals surface area contributed by atoms with Gasteiger partial charge in [0.15, 0.2) is 0 Å². The lowest BCUT2D eigenvalue weighted by molar-refractivity contribution is 0.277. The van der Waals surface area contributed by atoms with Gasteiger partial charge in [-0.25, -0.2) is 4.68 Å². The molecular formula is C13H16BrN3O. The Balaban J connectivity index is 2.50. The summed E-state index contributed by atoms with van der Waals surface area (Å²) in [5.41, 5.74) is 2.53. The normalized spacial score (nSPS) is 11.2. The molecule has 0 aliphatic rings. The average molecular weight is 310 g/mol. The molecule has 0 amide bonds. The molecule has 0 unspecified atom stereocenters. The smallest absolute Gasteiger partial charge is 0.116 e. The van der Waals surface area contributed by atoms with Gasteiger partial charge >= 0.3 is 0 Å². The third kappa shape index (κ3) is 2.79. The Hall–Kier alpha value is -1.20. The van der Waals surface area contributed by atoms with Crippen molar-refractivity contribution in [2.75, 3.05) is 0 Å². The van der Waals surface area contributed by atoms with Crippen LogP contribution in [-0.4, -0.2) is 20.1 Å². The van der Waals surface area contributed by atoms with Crippen molar-refractivity contribution >= 4 is 15.9 Å². The Morgan fingerprint density at radius 1 is 1.39 bits per heavy atom. The Morgan fingerprint density at radius 3 is 2.78 bits per heavy atom. The minimum Gasteiger partial charge on any atom is -0.390 e. The number of nitrogens with zero attached hydrogens (tertiary/aromatic N) is 3. The van der Waals surface area contributed by atoms with E-state index in [0.29, 0.717) is 11.6 Å². The van der Waals surface area contributed by atoms with Crippen LogP contribution in [0.1, 0.15) is 19.5 Å². The predicted octanol–water partition coefficient (Wildman–Crippen LogP) is 2.86. The lowest BCUT2D eigenvalue weighted by atomic mass is 10.1. The van der Waals surface area contributed by atoms with Crippen molar-refractivity contribution in [1.82, 2.24) is 15.0 Å². The van der Waals surface area contributed by atoms with Crippen LogP contribution in [0.4, 0.5) is 0 Å². The molecule has 0 bridgehead atoms. The van der Waals surface area contributed by atoms with Crippen molar-refractivity contribution < 1.29 is 5.11 Å². The number of aromatic nitrogens is 3. The molecule has 0 aliphatic heterocycles. The van der Waals surface area contributed by atoms with Crippen LogP contribution in [0, 0.1) is 5.92 Å². The highest BCUT2D eigenvalue weighted by Crippen LogP contribution is 2.25. The first-order chi connectivity index (χ1) is 8.61. The molecule has 1 N–H and O–H groups in total. The van der Waals surface area contributed by atoms with Crippen LogP contribution in [0.15, 0.2) is 28.7 Å². The van der Waals surface area contributed by atoms with E-state index >= 15 is 0 Å². The van der Waals surface area contributed by atoms with Gasteiger partial charge in [-0.1, -0.05) is 47.1 Å². The van der Waals surface area contributed by atoms with Crippen LogP contribution in [-0.2, 0) is 13.2 Å². The summed E-state index contributed by atoms with van der Waals surface area (Å²) in [6, 6.07) is 7.94. The van der Waals surface area contributed by atoms with Gasteiger partial charge in [-0.3, -0.25) is 0 Å². The molecule has 0 radical (unpaired) electrons. The molecule has 0 fully saturated rings. The number of halogens is 1. The van der Waals surface area contributed by atoms with Crippen LogP contribution in [0.5, 0.6) is 0 Å². The van der Waals surface area contributed by atoms with Crippen molar-refractivity contribution in [3.8, 4) is 11.3 Å². The van der Waals surface area contributed by atoms with Gasteiger partial charge in [-0.2, -0.15) is 0 Å². The molecule has 96 valence electrons. The van der Waals surface area contributed by atoms with Crippen LogP contribution in [0.3, 0.4) is 0 Å². The number of hydrogen-bond donors (Lipinski definition) is 1. The second-order valence-corrected chi connectivity index (χ2v) is 5.54. The largest absolute Gasteiger partial charge is 0.390 e. The number of hydrogen-bond acceptors (Lipinski definition) is 3. The number of aliphatic hydroxyl groups excluding tert-OH is 1. The van der Waals surface area contributed by atoms with E-state index in [-0.39, 0.29) is 6.61 Å². The molecule has 4 nitrogen and oxygen atoms in total. The van der Waals surface area contributed by atoms with E-state index in [0.717, 1.165) is 22.3 Å². The lowest BCUT2D eigenvalue weighted by Gasteiger charge is -2.10. The minimum atomic E-state index is -0.0973. The molecule has 0 atom stereocenters. The van der Waals surface area contributed by atoms with Crippen molar-refractivity contribution in [1.29, 1.82) is 0 Å². The van der Waals surface area contributed by atoms with Crippen LogP contribution in [0.2, 0.25) is 0 Å². The summed E-state index contributed by atoms with van der Waals surface area (Å²) < 4.78 is 2.86. The second kappa shape index (κ2) is 5.63. The monoisotopic (exact) mass is 309 g/mol. The maximum atomic E-state index is 9.37. The highest BCUT2D eigenvalue weighted by atomic mass is 79.9. The fourth-order valence-corrected chi connectivity index (χ4v) is 2.28. The van der Waals surface area contributed by atoms with Crippen molar-refractivity contribution in [3.63, 3.8) is 0 Å². The third-order valence-electron chi connectivity index (χ3n) is 2.59. The van der Waals surface area contributed by atoms with Gasteiger partial charge < -0.3 is 5.11 Å². The predicted molar refractivity (Wildman–Crippen MR) is 73.9 cm³/mol. The molecule has 18 heavy (non-hydrogen) atoms. The summed E-state index contributed by atoms with van der Waals surface area (Å²) >= 11 is 3.46. The number of benzene rings is 1. The van der Waals surface area contributed by atoms with Crippen molar-refractivity contribution in [3.05, 3.63) is 34.4 Å². The van der Waals surface area contributed by atoms with Crippen LogP contribution >= 0.6 is 15.9 Å². The van der Waals surface area contributed by atoms with Gasteiger partial charge in [-0.15, -0.1) is 5.10 Å². The Morgan fingerprint density at radius 2 is 2.17 bits per heavy atom. The standard InChI is InChI=1S/C13H16BrN3O/c1-9(2)7-17-13(12(8-18)15-16-17)10-4-3-5-11(14)6-10/h3-6,9,18H,7-8H2,1-2H3. The summed E-state index contributed by atoms with van der Waals surface area (Å²) in [4.78, 5) is 0. The van der Waals surface area contributed by atoms with Crippen molar-refractivity contribution in [2.45, 2.75) is 27.0 Å². The second-order valence-electron chi connectivity index (χ2n) is 4.63. The van der Waals surface area contributed by atoms with Gasteiger partial charge in [0.25, 0.3) is 0 Å². The summed E-state index contributed by atoms with van der Waals surface area (Å²) in [6.45, 7) is 4.95. The molecule has 0 saturated carbocycles. The first kappa shape index (κ1) is 13.2. The molecule has 0 saturated heterocycles. The zero-order chi connectivity index (χ0) is 13.1. The topological polar surface area (TPSA) is 50.9 Å². The van der Waals surface area contributed by atoms with Crippen LogP contribution < -0.4 is 0 Å². The summed E-state index contributed by atoms with van der Waals surface area (Å²) in [6.07, 6.45) is 0. The van der Waals surface area contributed by atoms with E-state index in [9.17, 15) is 5.11 Å². The Bertz CT molecular complexity index is 537. The van der Waals surface area contributed by atoms with Gasteiger partial charge in [0, 0.05) is 16.6 Å². The van der Waals surface area contributed by atoms with E-state index in [1.807, 2.05) is 28.9 Å². The number of aliphatic hydroxyl groups is 1. The first-order valence-corrected chi connectivity index (χ1v) is 6.70. The van der Waals surface area contributed by atoms with E-state index in [1.54, 1.807) is 0 Å². The fourth-order valence-electron chi connectivity index (χ4n) is 1.88. The van der Waals surface area contributed by atoms with Gasteiger partial charge in [0.05, 0.1) is 12.3 Å². The molecule has 1 heterocycles. The van der Waals surface area contributed by atoms with E-state index < -0.39 is 0 Å². The lowest BCUT2D eigenvalue weighted by Crippen LogP contribution is -2.08. The van der Waals surface area contributed by atoms with E-state index in [1.165, 1.54) is 0 Å². The first-order valence-electron chi connectivity index (χ1n) is 5.91. The zero-order valence-electron chi connectivity index (χ0n) is 10.5. The van der Waals surface area contributed by atoms with Gasteiger partial charge in [0.1, 0.15) is 5.69 Å². The Labute approximate surface area is 115 Å². The SMILES string of the molecule is CC(C)Cn1nnc(CO)c1-c1cccc(Br)c1. The Kier molecular flexibility index (Phi) is 4.14. The van der Waals surface area contributed by atoms with Crippen molar-refractivity contribution in [2.24, 2.45) is 5.92 Å².